The number of aromatic amines is 1. The van der Waals surface area contributed by atoms with Gasteiger partial charge in [0.05, 0.1) is 11.1 Å². The first-order valence-electron chi connectivity index (χ1n) is 8.09. The van der Waals surface area contributed by atoms with Crippen LogP contribution in [0.2, 0.25) is 0 Å². The van der Waals surface area contributed by atoms with Crippen molar-refractivity contribution in [3.8, 4) is 34.2 Å². The normalized spacial score (nSPS) is 12.1. The van der Waals surface area contributed by atoms with Gasteiger partial charge in [0.1, 0.15) is 17.5 Å². The van der Waals surface area contributed by atoms with E-state index >= 15 is 0 Å². The van der Waals surface area contributed by atoms with Gasteiger partial charge in [0.15, 0.2) is 5.69 Å². The van der Waals surface area contributed by atoms with Gasteiger partial charge in [-0.1, -0.05) is 0 Å². The van der Waals surface area contributed by atoms with E-state index in [1.165, 1.54) is 0 Å². The Morgan fingerprint density at radius 3 is 1.87 bits per heavy atom. The van der Waals surface area contributed by atoms with Gasteiger partial charge in [0.2, 0.25) is 0 Å². The van der Waals surface area contributed by atoms with E-state index in [0.29, 0.717) is 12.1 Å². The highest BCUT2D eigenvalue weighted by Crippen LogP contribution is 2.40. The molecular weight excluding hydrogens is 440 g/mol. The molecule has 0 spiro atoms. The minimum atomic E-state index is -5.10. The van der Waals surface area contributed by atoms with Gasteiger partial charge in [-0.25, -0.2) is 0 Å². The molecule has 1 heterocycles. The number of halogens is 8. The first-order chi connectivity index (χ1) is 14.4. The molecule has 1 N–H and O–H groups in total. The molecule has 3 aromatic rings. The molecule has 31 heavy (non-hydrogen) atoms. The van der Waals surface area contributed by atoms with Gasteiger partial charge in [-0.2, -0.15) is 50.7 Å². The fourth-order valence-electron chi connectivity index (χ4n) is 2.71. The van der Waals surface area contributed by atoms with Crippen molar-refractivity contribution in [2.45, 2.75) is 19.0 Å². The second kappa shape index (κ2) is 7.86. The fourth-order valence-corrected chi connectivity index (χ4v) is 2.71. The van der Waals surface area contributed by atoms with Gasteiger partial charge in [-0.15, -0.1) is 5.10 Å². The topological polar surface area (TPSA) is 74.6 Å². The molecule has 0 saturated carbocycles. The summed E-state index contributed by atoms with van der Waals surface area (Å²) < 4.78 is 109. The van der Waals surface area contributed by atoms with Crippen LogP contribution in [0.3, 0.4) is 0 Å². The molecule has 2 aromatic carbocycles. The average Bonchev–Trinajstić information content (AvgIpc) is 3.14. The summed E-state index contributed by atoms with van der Waals surface area (Å²) in [6.45, 7) is -3.33. The molecule has 0 radical (unpaired) electrons. The SMILES string of the molecule is N#Cc1n[nH]nc1-c1cc(OC(F)F)cc(-c2cc(C(F)(F)F)cc(C(F)(F)F)c2)c1. The van der Waals surface area contributed by atoms with Crippen molar-refractivity contribution >= 4 is 0 Å². The lowest BCUT2D eigenvalue weighted by Gasteiger charge is -2.15. The molecular formula is C18H8F8N4O. The third-order valence-corrected chi connectivity index (χ3v) is 3.98. The number of hydrogen-bond donors (Lipinski definition) is 1. The van der Waals surface area contributed by atoms with Crippen molar-refractivity contribution in [3.05, 3.63) is 53.2 Å². The Balaban J connectivity index is 2.26. The number of H-pyrrole nitrogens is 1. The number of aromatic nitrogens is 3. The van der Waals surface area contributed by atoms with E-state index < -0.39 is 41.4 Å². The monoisotopic (exact) mass is 448 g/mol. The number of hydrogen-bond acceptors (Lipinski definition) is 4. The van der Waals surface area contributed by atoms with Gasteiger partial charge in [0.25, 0.3) is 0 Å². The quantitative estimate of drug-likeness (QED) is 0.524. The lowest BCUT2D eigenvalue weighted by Crippen LogP contribution is -2.11. The van der Waals surface area contributed by atoms with Crippen LogP contribution >= 0.6 is 0 Å². The van der Waals surface area contributed by atoms with Gasteiger partial charge in [-0.3, -0.25) is 0 Å². The lowest BCUT2D eigenvalue weighted by molar-refractivity contribution is -0.143. The summed E-state index contributed by atoms with van der Waals surface area (Å²) >= 11 is 0. The molecule has 0 aliphatic rings. The zero-order chi connectivity index (χ0) is 23.0. The van der Waals surface area contributed by atoms with E-state index in [1.54, 1.807) is 6.07 Å². The number of nitrogens with one attached hydrogen (secondary N) is 1. The first kappa shape index (κ1) is 22.0. The Labute approximate surface area is 167 Å². The zero-order valence-electron chi connectivity index (χ0n) is 14.8. The van der Waals surface area contributed by atoms with E-state index in [4.69, 9.17) is 5.26 Å². The maximum Gasteiger partial charge on any atom is 0.416 e. The van der Waals surface area contributed by atoms with Gasteiger partial charge in [-0.05, 0) is 47.5 Å². The third-order valence-electron chi connectivity index (χ3n) is 3.98. The van der Waals surface area contributed by atoms with Crippen LogP contribution < -0.4 is 4.74 Å². The summed E-state index contributed by atoms with van der Waals surface area (Å²) in [5.74, 6) is -0.569. The molecule has 0 bridgehead atoms. The van der Waals surface area contributed by atoms with E-state index in [1.807, 2.05) is 0 Å². The van der Waals surface area contributed by atoms with E-state index in [2.05, 4.69) is 20.1 Å². The van der Waals surface area contributed by atoms with Crippen LogP contribution in [0.1, 0.15) is 16.8 Å². The van der Waals surface area contributed by atoms with Crippen molar-refractivity contribution in [1.29, 1.82) is 5.26 Å². The van der Waals surface area contributed by atoms with Crippen molar-refractivity contribution in [2.75, 3.05) is 0 Å². The van der Waals surface area contributed by atoms with Crippen LogP contribution in [0.4, 0.5) is 35.1 Å². The predicted octanol–water partition coefficient (Wildman–Crippen LogP) is 5.65. The Hall–Kier alpha value is -3.69. The average molecular weight is 448 g/mol. The number of benzene rings is 2. The molecule has 162 valence electrons. The lowest BCUT2D eigenvalue weighted by atomic mass is 9.96. The Kier molecular flexibility index (Phi) is 5.58. The third kappa shape index (κ3) is 4.90. The minimum Gasteiger partial charge on any atom is -0.435 e. The molecule has 0 aliphatic carbocycles. The highest BCUT2D eigenvalue weighted by molar-refractivity contribution is 5.76. The number of nitriles is 1. The van der Waals surface area contributed by atoms with Crippen LogP contribution in [0.25, 0.3) is 22.4 Å². The van der Waals surface area contributed by atoms with Crippen molar-refractivity contribution < 1.29 is 39.9 Å². The van der Waals surface area contributed by atoms with Crippen molar-refractivity contribution in [2.24, 2.45) is 0 Å². The van der Waals surface area contributed by atoms with Crippen molar-refractivity contribution in [1.82, 2.24) is 15.4 Å². The summed E-state index contributed by atoms with van der Waals surface area (Å²) in [7, 11) is 0. The zero-order valence-corrected chi connectivity index (χ0v) is 14.8. The van der Waals surface area contributed by atoms with Gasteiger partial charge < -0.3 is 4.74 Å². The Morgan fingerprint density at radius 1 is 0.806 bits per heavy atom. The van der Waals surface area contributed by atoms with Crippen molar-refractivity contribution in [3.63, 3.8) is 0 Å². The molecule has 0 saturated heterocycles. The molecule has 1 aromatic heterocycles. The number of nitrogens with zero attached hydrogens (tertiary/aromatic N) is 3. The number of ether oxygens (including phenoxy) is 1. The van der Waals surface area contributed by atoms with E-state index in [-0.39, 0.29) is 28.6 Å². The van der Waals surface area contributed by atoms with E-state index in [9.17, 15) is 35.1 Å². The van der Waals surface area contributed by atoms with Crippen LogP contribution in [-0.4, -0.2) is 22.0 Å². The highest BCUT2D eigenvalue weighted by Gasteiger charge is 2.37. The first-order valence-corrected chi connectivity index (χ1v) is 8.09. The summed E-state index contributed by atoms with van der Waals surface area (Å²) in [6.07, 6.45) is -10.2. The highest BCUT2D eigenvalue weighted by atomic mass is 19.4. The maximum atomic E-state index is 13.2. The van der Waals surface area contributed by atoms with Crippen LogP contribution in [0.15, 0.2) is 36.4 Å². The summed E-state index contributed by atoms with van der Waals surface area (Å²) in [6, 6.07) is 5.39. The van der Waals surface area contributed by atoms with Crippen LogP contribution in [0, 0.1) is 11.3 Å². The number of rotatable bonds is 4. The molecule has 0 atom stereocenters. The molecule has 3 rings (SSSR count). The smallest absolute Gasteiger partial charge is 0.416 e. The number of alkyl halides is 8. The van der Waals surface area contributed by atoms with E-state index in [0.717, 1.165) is 18.2 Å². The summed E-state index contributed by atoms with van der Waals surface area (Å²) in [5, 5.41) is 18.3. The maximum absolute atomic E-state index is 13.2. The molecule has 5 nitrogen and oxygen atoms in total. The van der Waals surface area contributed by atoms with Crippen LogP contribution in [0.5, 0.6) is 5.75 Å². The second-order valence-corrected chi connectivity index (χ2v) is 6.05. The second-order valence-electron chi connectivity index (χ2n) is 6.05. The molecule has 13 heteroatoms. The summed E-state index contributed by atoms with van der Waals surface area (Å²) in [5.41, 5.74) is -4.57. The molecule has 0 amide bonds. The minimum absolute atomic E-state index is 0.0602. The van der Waals surface area contributed by atoms with Gasteiger partial charge in [0, 0.05) is 5.56 Å². The predicted molar refractivity (Wildman–Crippen MR) is 88.6 cm³/mol. The fraction of sp³-hybridized carbons (Fsp3) is 0.167. The molecule has 0 fully saturated rings. The van der Waals surface area contributed by atoms with Gasteiger partial charge >= 0.3 is 19.0 Å². The van der Waals surface area contributed by atoms with Crippen LogP contribution in [-0.2, 0) is 12.4 Å². The molecule has 0 aliphatic heterocycles. The molecule has 0 unspecified atom stereocenters. The largest absolute Gasteiger partial charge is 0.435 e. The standard InChI is InChI=1S/C18H8F8N4O/c19-16(20)31-13-4-8(1-10(5-13)15-14(7-27)28-30-29-15)9-2-11(17(21,22)23)6-12(3-9)18(24,25)26/h1-6,16H,(H,28,29,30). The Bertz CT molecular complexity index is 1110. The Morgan fingerprint density at radius 2 is 1.35 bits per heavy atom. The summed E-state index contributed by atoms with van der Waals surface area (Å²) in [4.78, 5) is 0.